The fraction of sp³-hybridized carbons (Fsp3) is 0.500. The normalized spacial score (nSPS) is 15.2. The summed E-state index contributed by atoms with van der Waals surface area (Å²) in [5, 5.41) is 7.21. The summed E-state index contributed by atoms with van der Waals surface area (Å²) < 4.78 is 2.04. The Kier molecular flexibility index (Phi) is 2.72. The van der Waals surface area contributed by atoms with E-state index in [-0.39, 0.29) is 0 Å². The van der Waals surface area contributed by atoms with Crippen LogP contribution in [-0.2, 0) is 13.6 Å². The van der Waals surface area contributed by atoms with Crippen molar-refractivity contribution >= 4 is 17.3 Å². The molecule has 0 spiro atoms. The zero-order valence-corrected chi connectivity index (χ0v) is 9.10. The summed E-state index contributed by atoms with van der Waals surface area (Å²) in [6, 6.07) is 2.72. The fourth-order valence-corrected chi connectivity index (χ4v) is 1.55. The summed E-state index contributed by atoms with van der Waals surface area (Å²) in [6.45, 7) is 0.805. The second kappa shape index (κ2) is 4.00. The van der Waals surface area contributed by atoms with Gasteiger partial charge in [-0.1, -0.05) is 0 Å². The first kappa shape index (κ1) is 9.52. The Bertz CT molecular complexity index is 328. The maximum atomic E-state index is 5.15. The third kappa shape index (κ3) is 2.73. The minimum Gasteiger partial charge on any atom is -0.360 e. The van der Waals surface area contributed by atoms with Crippen LogP contribution in [0.4, 0.5) is 0 Å². The number of nitrogens with one attached hydrogen (secondary N) is 2. The van der Waals surface area contributed by atoms with Crippen molar-refractivity contribution in [1.29, 1.82) is 0 Å². The molecule has 2 N–H and O–H groups in total. The summed E-state index contributed by atoms with van der Waals surface area (Å²) in [4.78, 5) is 0. The highest BCUT2D eigenvalue weighted by atomic mass is 32.1. The van der Waals surface area contributed by atoms with E-state index in [0.717, 1.165) is 11.7 Å². The molecule has 3 nitrogen and oxygen atoms in total. The third-order valence-corrected chi connectivity index (χ3v) is 2.52. The molecule has 0 amide bonds. The van der Waals surface area contributed by atoms with Gasteiger partial charge in [0.05, 0.1) is 0 Å². The van der Waals surface area contributed by atoms with Crippen LogP contribution in [0.5, 0.6) is 0 Å². The summed E-state index contributed by atoms with van der Waals surface area (Å²) in [5.41, 5.74) is 1.26. The number of hydrogen-bond acceptors (Lipinski definition) is 1. The van der Waals surface area contributed by atoms with Crippen LogP contribution in [0.1, 0.15) is 18.4 Å². The number of aromatic nitrogens is 1. The average molecular weight is 209 g/mol. The first-order valence-corrected chi connectivity index (χ1v) is 5.30. The van der Waals surface area contributed by atoms with E-state index in [1.54, 1.807) is 0 Å². The molecule has 1 aliphatic carbocycles. The van der Waals surface area contributed by atoms with E-state index in [9.17, 15) is 0 Å². The molecule has 1 fully saturated rings. The summed E-state index contributed by atoms with van der Waals surface area (Å²) in [7, 11) is 2.02. The Balaban J connectivity index is 1.73. The van der Waals surface area contributed by atoms with Gasteiger partial charge in [0.1, 0.15) is 0 Å². The van der Waals surface area contributed by atoms with Gasteiger partial charge in [0.25, 0.3) is 0 Å². The highest BCUT2D eigenvalue weighted by Gasteiger charge is 2.21. The zero-order chi connectivity index (χ0) is 9.97. The lowest BCUT2D eigenvalue weighted by molar-refractivity contribution is 0.825. The van der Waals surface area contributed by atoms with Crippen LogP contribution >= 0.6 is 12.2 Å². The Morgan fingerprint density at radius 3 is 3.00 bits per heavy atom. The van der Waals surface area contributed by atoms with Gasteiger partial charge in [0, 0.05) is 32.0 Å². The van der Waals surface area contributed by atoms with Crippen molar-refractivity contribution in [2.24, 2.45) is 7.05 Å². The molecule has 1 aromatic heterocycles. The van der Waals surface area contributed by atoms with E-state index in [4.69, 9.17) is 12.2 Å². The lowest BCUT2D eigenvalue weighted by Crippen LogP contribution is -2.35. The van der Waals surface area contributed by atoms with Gasteiger partial charge in [-0.05, 0) is 36.7 Å². The van der Waals surface area contributed by atoms with Crippen LogP contribution in [0.2, 0.25) is 0 Å². The molecule has 0 bridgehead atoms. The molecule has 1 aliphatic rings. The molecule has 0 radical (unpaired) electrons. The van der Waals surface area contributed by atoms with Gasteiger partial charge in [-0.15, -0.1) is 0 Å². The Morgan fingerprint density at radius 1 is 1.64 bits per heavy atom. The second-order valence-electron chi connectivity index (χ2n) is 3.79. The Labute approximate surface area is 89.5 Å². The number of aryl methyl sites for hydroxylation is 1. The van der Waals surface area contributed by atoms with E-state index in [1.165, 1.54) is 18.4 Å². The van der Waals surface area contributed by atoms with Crippen molar-refractivity contribution in [1.82, 2.24) is 15.2 Å². The van der Waals surface area contributed by atoms with E-state index < -0.39 is 0 Å². The topological polar surface area (TPSA) is 29.0 Å². The summed E-state index contributed by atoms with van der Waals surface area (Å²) in [5.74, 6) is 0. The molecule has 4 heteroatoms. The SMILES string of the molecule is Cn1ccc(CNC(=S)NC2CC2)c1. The predicted octanol–water partition coefficient (Wildman–Crippen LogP) is 1.15. The minimum atomic E-state index is 0.630. The van der Waals surface area contributed by atoms with E-state index in [1.807, 2.05) is 17.8 Å². The van der Waals surface area contributed by atoms with E-state index >= 15 is 0 Å². The van der Waals surface area contributed by atoms with Crippen molar-refractivity contribution in [2.45, 2.75) is 25.4 Å². The van der Waals surface area contributed by atoms with Crippen molar-refractivity contribution in [3.05, 3.63) is 24.0 Å². The average Bonchev–Trinajstić information content (AvgIpc) is 2.85. The van der Waals surface area contributed by atoms with Crippen LogP contribution in [-0.4, -0.2) is 15.7 Å². The number of rotatable bonds is 3. The molecule has 0 aliphatic heterocycles. The quantitative estimate of drug-likeness (QED) is 0.732. The second-order valence-corrected chi connectivity index (χ2v) is 4.19. The zero-order valence-electron chi connectivity index (χ0n) is 8.29. The maximum Gasteiger partial charge on any atom is 0.166 e. The number of nitrogens with zero attached hydrogens (tertiary/aromatic N) is 1. The van der Waals surface area contributed by atoms with E-state index in [2.05, 4.69) is 22.9 Å². The highest BCUT2D eigenvalue weighted by Crippen LogP contribution is 2.18. The van der Waals surface area contributed by atoms with Gasteiger partial charge < -0.3 is 15.2 Å². The van der Waals surface area contributed by atoms with Crippen molar-refractivity contribution < 1.29 is 0 Å². The van der Waals surface area contributed by atoms with Gasteiger partial charge >= 0.3 is 0 Å². The van der Waals surface area contributed by atoms with Gasteiger partial charge in [-0.3, -0.25) is 0 Å². The molecule has 2 rings (SSSR count). The van der Waals surface area contributed by atoms with Crippen molar-refractivity contribution in [3.8, 4) is 0 Å². The predicted molar refractivity (Wildman–Crippen MR) is 61.0 cm³/mol. The molecule has 1 saturated carbocycles. The molecule has 14 heavy (non-hydrogen) atoms. The minimum absolute atomic E-state index is 0.630. The van der Waals surface area contributed by atoms with E-state index in [0.29, 0.717) is 6.04 Å². The standard InChI is InChI=1S/C10H15N3S/c1-13-5-4-8(7-13)6-11-10(14)12-9-2-3-9/h4-5,7,9H,2-3,6H2,1H3,(H2,11,12,14). The largest absolute Gasteiger partial charge is 0.360 e. The lowest BCUT2D eigenvalue weighted by Gasteiger charge is -2.08. The fourth-order valence-electron chi connectivity index (χ4n) is 1.31. The molecule has 1 aromatic rings. The molecule has 0 atom stereocenters. The molecule has 0 aromatic carbocycles. The van der Waals surface area contributed by atoms with Crippen LogP contribution in [0, 0.1) is 0 Å². The summed E-state index contributed by atoms with van der Waals surface area (Å²) >= 11 is 5.15. The molecule has 0 unspecified atom stereocenters. The maximum absolute atomic E-state index is 5.15. The first-order chi connectivity index (χ1) is 6.74. The molecule has 0 saturated heterocycles. The molecule has 1 heterocycles. The van der Waals surface area contributed by atoms with Crippen molar-refractivity contribution in [2.75, 3.05) is 0 Å². The highest BCUT2D eigenvalue weighted by molar-refractivity contribution is 7.80. The van der Waals surface area contributed by atoms with Crippen molar-refractivity contribution in [3.63, 3.8) is 0 Å². The van der Waals surface area contributed by atoms with Gasteiger partial charge in [0.2, 0.25) is 0 Å². The Morgan fingerprint density at radius 2 is 2.43 bits per heavy atom. The van der Waals surface area contributed by atoms with Crippen LogP contribution in [0.25, 0.3) is 0 Å². The molecule has 76 valence electrons. The Hall–Kier alpha value is -1.03. The summed E-state index contributed by atoms with van der Waals surface area (Å²) in [6.07, 6.45) is 6.64. The van der Waals surface area contributed by atoms with Crippen LogP contribution < -0.4 is 10.6 Å². The smallest absolute Gasteiger partial charge is 0.166 e. The lowest BCUT2D eigenvalue weighted by atomic mass is 10.3. The third-order valence-electron chi connectivity index (χ3n) is 2.26. The van der Waals surface area contributed by atoms with Gasteiger partial charge in [-0.25, -0.2) is 0 Å². The number of thiocarbonyl (C=S) groups is 1. The van der Waals surface area contributed by atoms with Gasteiger partial charge in [0.15, 0.2) is 5.11 Å². The first-order valence-electron chi connectivity index (χ1n) is 4.89. The monoisotopic (exact) mass is 209 g/mol. The molecular weight excluding hydrogens is 194 g/mol. The van der Waals surface area contributed by atoms with Crippen LogP contribution in [0.3, 0.4) is 0 Å². The molecular formula is C10H15N3S. The van der Waals surface area contributed by atoms with Gasteiger partial charge in [-0.2, -0.15) is 0 Å². The van der Waals surface area contributed by atoms with Crippen LogP contribution in [0.15, 0.2) is 18.5 Å². The number of hydrogen-bond donors (Lipinski definition) is 2.